The first-order valence-corrected chi connectivity index (χ1v) is 13.2. The van der Waals surface area contributed by atoms with Gasteiger partial charge >= 0.3 is 0 Å². The first kappa shape index (κ1) is 23.3. The highest BCUT2D eigenvalue weighted by Gasteiger charge is 2.33. The van der Waals surface area contributed by atoms with E-state index in [0.29, 0.717) is 29.8 Å². The number of pyridine rings is 1. The molecule has 3 heterocycles. The number of aromatic nitrogens is 2. The lowest BCUT2D eigenvalue weighted by Gasteiger charge is -2.36. The van der Waals surface area contributed by atoms with Crippen molar-refractivity contribution >= 4 is 42.7 Å². The summed E-state index contributed by atoms with van der Waals surface area (Å²) in [6.45, 7) is 2.91. The summed E-state index contributed by atoms with van der Waals surface area (Å²) in [4.78, 5) is 21.7. The number of hydrogen-bond acceptors (Lipinski definition) is 7. The van der Waals surface area contributed by atoms with Crippen molar-refractivity contribution in [1.82, 2.24) is 19.2 Å². The third kappa shape index (κ3) is 4.77. The molecule has 13 heteroatoms. The minimum atomic E-state index is -3.88. The van der Waals surface area contributed by atoms with Crippen molar-refractivity contribution in [3.8, 4) is 0 Å². The predicted molar refractivity (Wildman–Crippen MR) is 122 cm³/mol. The number of fused-ring (bicyclic) bond motifs is 1. The Morgan fingerprint density at radius 1 is 1.12 bits per heavy atom. The summed E-state index contributed by atoms with van der Waals surface area (Å²) in [7, 11) is -7.60. The highest BCUT2D eigenvalue weighted by molar-refractivity contribution is 7.89. The van der Waals surface area contributed by atoms with Gasteiger partial charge in [-0.3, -0.25) is 9.69 Å². The number of piperazine rings is 1. The molecule has 0 spiro atoms. The summed E-state index contributed by atoms with van der Waals surface area (Å²) < 4.78 is 50.7. The van der Waals surface area contributed by atoms with Crippen molar-refractivity contribution in [2.24, 2.45) is 5.14 Å². The first-order valence-electron chi connectivity index (χ1n) is 10.2. The van der Waals surface area contributed by atoms with Crippen LogP contribution in [0.2, 0.25) is 0 Å². The minimum absolute atomic E-state index is 0.0979. The molecule has 1 unspecified atom stereocenters. The maximum absolute atomic E-state index is 13.1. The number of aromatic amines is 1. The van der Waals surface area contributed by atoms with Gasteiger partial charge in [0.15, 0.2) is 0 Å². The fraction of sp³-hybridized carbons (Fsp3) is 0.300. The molecule has 1 fully saturated rings. The molecule has 33 heavy (non-hydrogen) atoms. The maximum atomic E-state index is 13.1. The van der Waals surface area contributed by atoms with Crippen LogP contribution in [-0.2, 0) is 24.8 Å². The summed E-state index contributed by atoms with van der Waals surface area (Å²) in [5, 5.41) is 8.37. The normalized spacial score (nSPS) is 17.2. The lowest BCUT2D eigenvalue weighted by atomic mass is 10.2. The quantitative estimate of drug-likeness (QED) is 0.453. The summed E-state index contributed by atoms with van der Waals surface area (Å²) in [5.41, 5.74) is 0.819. The van der Waals surface area contributed by atoms with E-state index >= 15 is 0 Å². The average Bonchev–Trinajstić information content (AvgIpc) is 3.23. The Balaban J connectivity index is 1.41. The van der Waals surface area contributed by atoms with E-state index in [1.54, 1.807) is 31.3 Å². The van der Waals surface area contributed by atoms with E-state index in [9.17, 15) is 21.6 Å². The molecule has 1 aromatic carbocycles. The van der Waals surface area contributed by atoms with Crippen molar-refractivity contribution in [2.75, 3.05) is 31.5 Å². The standard InChI is InChI=1S/C20H24N6O5S2/c1-14(20(27)24-15-4-2-5-16(12-15)32(21,28)29)25-8-10-26(11-9-25)33(30,31)18-13-23-19-17(18)6-3-7-22-19/h2-7,12-14H,8-11H2,1H3,(H,22,23)(H,24,27)(H2,21,28,29). The summed E-state index contributed by atoms with van der Waals surface area (Å²) in [6.07, 6.45) is 3.04. The zero-order valence-corrected chi connectivity index (χ0v) is 19.4. The summed E-state index contributed by atoms with van der Waals surface area (Å²) in [6, 6.07) is 8.54. The second kappa shape index (κ2) is 8.83. The van der Waals surface area contributed by atoms with Gasteiger partial charge in [-0.1, -0.05) is 6.07 Å². The van der Waals surface area contributed by atoms with Gasteiger partial charge in [-0.05, 0) is 37.3 Å². The number of anilines is 1. The summed E-state index contributed by atoms with van der Waals surface area (Å²) in [5.74, 6) is -0.333. The van der Waals surface area contributed by atoms with E-state index in [4.69, 9.17) is 5.14 Å². The van der Waals surface area contributed by atoms with Gasteiger partial charge in [-0.2, -0.15) is 4.31 Å². The average molecular weight is 493 g/mol. The molecule has 0 bridgehead atoms. The van der Waals surface area contributed by atoms with E-state index in [1.165, 1.54) is 28.7 Å². The van der Waals surface area contributed by atoms with E-state index in [1.807, 2.05) is 4.90 Å². The van der Waals surface area contributed by atoms with Crippen molar-refractivity contribution in [2.45, 2.75) is 22.8 Å². The van der Waals surface area contributed by atoms with E-state index in [2.05, 4.69) is 15.3 Å². The molecule has 176 valence electrons. The van der Waals surface area contributed by atoms with Crippen molar-refractivity contribution in [3.63, 3.8) is 0 Å². The molecule has 1 amide bonds. The second-order valence-electron chi connectivity index (χ2n) is 7.73. The van der Waals surface area contributed by atoms with Gasteiger partial charge < -0.3 is 10.3 Å². The Labute approximate surface area is 191 Å². The highest BCUT2D eigenvalue weighted by atomic mass is 32.2. The second-order valence-corrected chi connectivity index (χ2v) is 11.2. The van der Waals surface area contributed by atoms with Crippen molar-refractivity contribution < 1.29 is 21.6 Å². The van der Waals surface area contributed by atoms with Crippen LogP contribution in [0.1, 0.15) is 6.92 Å². The van der Waals surface area contributed by atoms with Crippen LogP contribution in [0.3, 0.4) is 0 Å². The SMILES string of the molecule is CC(C(=O)Nc1cccc(S(N)(=O)=O)c1)N1CCN(S(=O)(=O)c2c[nH]c3ncccc23)CC1. The van der Waals surface area contributed by atoms with Crippen LogP contribution in [0.15, 0.2) is 58.6 Å². The highest BCUT2D eigenvalue weighted by Crippen LogP contribution is 2.25. The van der Waals surface area contributed by atoms with Crippen molar-refractivity contribution in [1.29, 1.82) is 0 Å². The molecule has 1 aliphatic rings. The third-order valence-electron chi connectivity index (χ3n) is 5.66. The van der Waals surface area contributed by atoms with Crippen LogP contribution < -0.4 is 10.5 Å². The number of amides is 1. The fourth-order valence-corrected chi connectivity index (χ4v) is 5.91. The number of sulfonamides is 2. The number of carbonyl (C=O) groups excluding carboxylic acids is 1. The minimum Gasteiger partial charge on any atom is -0.345 e. The molecule has 0 saturated carbocycles. The third-order valence-corrected chi connectivity index (χ3v) is 8.51. The van der Waals surface area contributed by atoms with Crippen LogP contribution in [-0.4, -0.2) is 74.1 Å². The molecule has 11 nitrogen and oxygen atoms in total. The van der Waals surface area contributed by atoms with Gasteiger partial charge in [0, 0.05) is 49.6 Å². The summed E-state index contributed by atoms with van der Waals surface area (Å²) >= 11 is 0. The lowest BCUT2D eigenvalue weighted by Crippen LogP contribution is -2.53. The van der Waals surface area contributed by atoms with E-state index in [-0.39, 0.29) is 28.8 Å². The first-order chi connectivity index (χ1) is 15.6. The molecular formula is C20H24N6O5S2. The number of nitrogens with two attached hydrogens (primary N) is 1. The van der Waals surface area contributed by atoms with Gasteiger partial charge in [0.2, 0.25) is 26.0 Å². The Bertz CT molecular complexity index is 1400. The zero-order valence-electron chi connectivity index (χ0n) is 17.8. The molecule has 1 atom stereocenters. The van der Waals surface area contributed by atoms with Gasteiger partial charge in [0.1, 0.15) is 10.5 Å². The number of nitrogens with zero attached hydrogens (tertiary/aromatic N) is 3. The largest absolute Gasteiger partial charge is 0.345 e. The Morgan fingerprint density at radius 3 is 2.55 bits per heavy atom. The zero-order chi connectivity index (χ0) is 23.8. The molecule has 4 N–H and O–H groups in total. The number of rotatable bonds is 6. The van der Waals surface area contributed by atoms with Gasteiger partial charge in [-0.15, -0.1) is 0 Å². The Kier molecular flexibility index (Phi) is 6.24. The monoisotopic (exact) mass is 492 g/mol. The fourth-order valence-electron chi connectivity index (χ4n) is 3.78. The van der Waals surface area contributed by atoms with Crippen LogP contribution in [0.25, 0.3) is 11.0 Å². The van der Waals surface area contributed by atoms with Gasteiger partial charge in [0.25, 0.3) is 0 Å². The number of benzene rings is 1. The number of nitrogens with one attached hydrogen (secondary N) is 2. The molecule has 3 aromatic rings. The number of primary sulfonamides is 1. The van der Waals surface area contributed by atoms with Crippen LogP contribution in [0, 0.1) is 0 Å². The van der Waals surface area contributed by atoms with Gasteiger partial charge in [0.05, 0.1) is 10.9 Å². The molecule has 0 aliphatic carbocycles. The topological polar surface area (TPSA) is 159 Å². The van der Waals surface area contributed by atoms with E-state index < -0.39 is 26.1 Å². The van der Waals surface area contributed by atoms with Crippen molar-refractivity contribution in [3.05, 3.63) is 48.8 Å². The van der Waals surface area contributed by atoms with Gasteiger partial charge in [-0.25, -0.2) is 27.0 Å². The van der Waals surface area contributed by atoms with Crippen LogP contribution in [0.4, 0.5) is 5.69 Å². The van der Waals surface area contributed by atoms with Crippen LogP contribution in [0.5, 0.6) is 0 Å². The van der Waals surface area contributed by atoms with Crippen LogP contribution >= 0.6 is 0 Å². The van der Waals surface area contributed by atoms with E-state index in [0.717, 1.165) is 0 Å². The Morgan fingerprint density at radius 2 is 1.85 bits per heavy atom. The lowest BCUT2D eigenvalue weighted by molar-refractivity contribution is -0.121. The Hall–Kier alpha value is -2.84. The number of H-pyrrole nitrogens is 1. The number of carbonyl (C=O) groups is 1. The number of hydrogen-bond donors (Lipinski definition) is 3. The predicted octanol–water partition coefficient (Wildman–Crippen LogP) is 0.544. The molecule has 0 radical (unpaired) electrons. The smallest absolute Gasteiger partial charge is 0.245 e. The maximum Gasteiger partial charge on any atom is 0.245 e. The molecule has 1 saturated heterocycles. The molecule has 1 aliphatic heterocycles. The molecular weight excluding hydrogens is 468 g/mol. The molecule has 2 aromatic heterocycles. The molecule has 4 rings (SSSR count).